The Balaban J connectivity index is 1.51. The van der Waals surface area contributed by atoms with E-state index in [4.69, 9.17) is 0 Å². The fraction of sp³-hybridized carbons (Fsp3) is 0.636. The van der Waals surface area contributed by atoms with E-state index in [9.17, 15) is 9.59 Å². The van der Waals surface area contributed by atoms with E-state index in [1.54, 1.807) is 0 Å². The Morgan fingerprint density at radius 3 is 2.41 bits per heavy atom. The molecular formula is C22H33N3O2. The van der Waals surface area contributed by atoms with Gasteiger partial charge >= 0.3 is 0 Å². The Bertz CT molecular complexity index is 672. The number of amides is 2. The van der Waals surface area contributed by atoms with E-state index in [1.807, 2.05) is 24.0 Å². The van der Waals surface area contributed by atoms with Gasteiger partial charge < -0.3 is 10.2 Å². The number of benzene rings is 1. The first-order valence-electron chi connectivity index (χ1n) is 10.4. The van der Waals surface area contributed by atoms with Crippen LogP contribution in [-0.4, -0.2) is 54.3 Å². The molecule has 0 atom stereocenters. The molecule has 2 saturated heterocycles. The monoisotopic (exact) mass is 371 g/mol. The summed E-state index contributed by atoms with van der Waals surface area (Å²) in [5.74, 6) is 0.882. The third kappa shape index (κ3) is 4.89. The fourth-order valence-electron chi connectivity index (χ4n) is 4.26. The highest BCUT2D eigenvalue weighted by Crippen LogP contribution is 2.27. The lowest BCUT2D eigenvalue weighted by Gasteiger charge is -2.32. The molecule has 27 heavy (non-hydrogen) atoms. The summed E-state index contributed by atoms with van der Waals surface area (Å²) in [6.45, 7) is 10.2. The van der Waals surface area contributed by atoms with Gasteiger partial charge in [-0.2, -0.15) is 0 Å². The number of hydrogen-bond donors (Lipinski definition) is 1. The van der Waals surface area contributed by atoms with E-state index >= 15 is 0 Å². The zero-order valence-electron chi connectivity index (χ0n) is 17.0. The molecule has 0 spiro atoms. The molecular weight excluding hydrogens is 338 g/mol. The van der Waals surface area contributed by atoms with Gasteiger partial charge in [-0.3, -0.25) is 14.5 Å². The largest absolute Gasteiger partial charge is 0.342 e. The number of carbonyl (C=O) groups excluding carboxylic acids is 2. The Hall–Kier alpha value is -1.88. The molecule has 1 N–H and O–H groups in total. The van der Waals surface area contributed by atoms with Crippen LogP contribution in [0.15, 0.2) is 18.2 Å². The van der Waals surface area contributed by atoms with E-state index in [1.165, 1.54) is 5.56 Å². The average molecular weight is 372 g/mol. The Morgan fingerprint density at radius 2 is 1.78 bits per heavy atom. The fourth-order valence-corrected chi connectivity index (χ4v) is 4.26. The van der Waals surface area contributed by atoms with Gasteiger partial charge in [-0.05, 0) is 62.7 Å². The smallest absolute Gasteiger partial charge is 0.238 e. The third-order valence-electron chi connectivity index (χ3n) is 5.91. The van der Waals surface area contributed by atoms with Crippen molar-refractivity contribution in [3.05, 3.63) is 29.3 Å². The molecule has 2 aliphatic heterocycles. The highest BCUT2D eigenvalue weighted by atomic mass is 16.2. The van der Waals surface area contributed by atoms with Crippen LogP contribution in [0.3, 0.4) is 0 Å². The Labute approximate surface area is 163 Å². The summed E-state index contributed by atoms with van der Waals surface area (Å²) in [7, 11) is 0. The van der Waals surface area contributed by atoms with Crippen molar-refractivity contribution in [2.45, 2.75) is 52.4 Å². The molecule has 2 aliphatic rings. The second kappa shape index (κ2) is 8.87. The lowest BCUT2D eigenvalue weighted by Crippen LogP contribution is -2.44. The number of hydrogen-bond acceptors (Lipinski definition) is 3. The highest BCUT2D eigenvalue weighted by molar-refractivity contribution is 5.94. The van der Waals surface area contributed by atoms with Crippen LogP contribution in [0.4, 0.5) is 5.69 Å². The zero-order chi connectivity index (χ0) is 19.4. The summed E-state index contributed by atoms with van der Waals surface area (Å²) in [6.07, 6.45) is 4.01. The third-order valence-corrected chi connectivity index (χ3v) is 5.91. The number of para-hydroxylation sites is 1. The molecule has 2 fully saturated rings. The van der Waals surface area contributed by atoms with Gasteiger partial charge in [0.25, 0.3) is 0 Å². The van der Waals surface area contributed by atoms with E-state index < -0.39 is 0 Å². The zero-order valence-corrected chi connectivity index (χ0v) is 17.0. The Morgan fingerprint density at radius 1 is 1.11 bits per heavy atom. The van der Waals surface area contributed by atoms with Gasteiger partial charge in [-0.1, -0.05) is 32.0 Å². The van der Waals surface area contributed by atoms with E-state index in [-0.39, 0.29) is 11.8 Å². The molecule has 0 saturated carbocycles. The number of rotatable bonds is 5. The van der Waals surface area contributed by atoms with Gasteiger partial charge in [0.1, 0.15) is 0 Å². The first kappa shape index (κ1) is 19.9. The van der Waals surface area contributed by atoms with Gasteiger partial charge in [0.05, 0.1) is 6.54 Å². The molecule has 148 valence electrons. The van der Waals surface area contributed by atoms with Gasteiger partial charge in [0.15, 0.2) is 0 Å². The molecule has 1 aromatic carbocycles. The predicted octanol–water partition coefficient (Wildman–Crippen LogP) is 3.39. The van der Waals surface area contributed by atoms with Gasteiger partial charge in [-0.15, -0.1) is 0 Å². The number of likely N-dealkylation sites (tertiary alicyclic amines) is 2. The van der Waals surface area contributed by atoms with Crippen molar-refractivity contribution in [2.75, 3.05) is 38.0 Å². The number of anilines is 1. The van der Waals surface area contributed by atoms with E-state index in [2.05, 4.69) is 30.1 Å². The van der Waals surface area contributed by atoms with Gasteiger partial charge in [0.2, 0.25) is 11.8 Å². The Kier molecular flexibility index (Phi) is 6.53. The molecule has 2 amide bonds. The maximum absolute atomic E-state index is 12.6. The molecule has 0 aliphatic carbocycles. The molecule has 2 heterocycles. The lowest BCUT2D eigenvalue weighted by atomic mass is 9.95. The molecule has 3 rings (SSSR count). The van der Waals surface area contributed by atoms with Crippen molar-refractivity contribution in [3.63, 3.8) is 0 Å². The maximum atomic E-state index is 12.6. The molecule has 0 unspecified atom stereocenters. The summed E-state index contributed by atoms with van der Waals surface area (Å²) in [5.41, 5.74) is 3.24. The molecule has 0 aromatic heterocycles. The molecule has 5 nitrogen and oxygen atoms in total. The lowest BCUT2D eigenvalue weighted by molar-refractivity contribution is -0.136. The minimum absolute atomic E-state index is 0.0375. The van der Waals surface area contributed by atoms with Crippen molar-refractivity contribution in [1.29, 1.82) is 0 Å². The minimum atomic E-state index is 0.0375. The molecule has 0 radical (unpaired) electrons. The van der Waals surface area contributed by atoms with Crippen molar-refractivity contribution < 1.29 is 9.59 Å². The summed E-state index contributed by atoms with van der Waals surface area (Å²) in [5, 5.41) is 3.13. The number of carbonyl (C=O) groups is 2. The second-order valence-electron chi connectivity index (χ2n) is 8.32. The number of nitrogens with one attached hydrogen (secondary N) is 1. The van der Waals surface area contributed by atoms with Crippen LogP contribution >= 0.6 is 0 Å². The topological polar surface area (TPSA) is 52.7 Å². The van der Waals surface area contributed by atoms with E-state index in [0.717, 1.165) is 63.1 Å². The van der Waals surface area contributed by atoms with Crippen molar-refractivity contribution in [1.82, 2.24) is 9.80 Å². The first-order valence-corrected chi connectivity index (χ1v) is 10.4. The van der Waals surface area contributed by atoms with Gasteiger partial charge in [-0.25, -0.2) is 0 Å². The number of nitrogens with zero attached hydrogens (tertiary/aromatic N) is 2. The quantitative estimate of drug-likeness (QED) is 0.863. The van der Waals surface area contributed by atoms with Gasteiger partial charge in [0, 0.05) is 24.7 Å². The summed E-state index contributed by atoms with van der Waals surface area (Å²) < 4.78 is 0. The summed E-state index contributed by atoms with van der Waals surface area (Å²) in [6, 6.07) is 6.17. The van der Waals surface area contributed by atoms with Crippen LogP contribution < -0.4 is 5.32 Å². The van der Waals surface area contributed by atoms with Crippen molar-refractivity contribution in [2.24, 2.45) is 5.92 Å². The number of aryl methyl sites for hydroxylation is 1. The maximum Gasteiger partial charge on any atom is 0.238 e. The SMILES string of the molecule is Cc1cccc(C(C)C)c1NC(=O)CN1CCC(C(=O)N2CCCC2)CC1. The van der Waals surface area contributed by atoms with Crippen molar-refractivity contribution in [3.8, 4) is 0 Å². The van der Waals surface area contributed by atoms with Crippen LogP contribution in [0.25, 0.3) is 0 Å². The average Bonchev–Trinajstić information content (AvgIpc) is 3.18. The van der Waals surface area contributed by atoms with Crippen molar-refractivity contribution >= 4 is 17.5 Å². The highest BCUT2D eigenvalue weighted by Gasteiger charge is 2.30. The predicted molar refractivity (Wildman–Crippen MR) is 109 cm³/mol. The second-order valence-corrected chi connectivity index (χ2v) is 8.32. The molecule has 1 aromatic rings. The molecule has 0 bridgehead atoms. The van der Waals surface area contributed by atoms with Crippen LogP contribution in [0.1, 0.15) is 56.6 Å². The van der Waals surface area contributed by atoms with Crippen LogP contribution in [0, 0.1) is 12.8 Å². The standard InChI is InChI=1S/C22H33N3O2/c1-16(2)19-8-6-7-17(3)21(19)23-20(26)15-24-13-9-18(10-14-24)22(27)25-11-4-5-12-25/h6-8,16,18H,4-5,9-15H2,1-3H3,(H,23,26). The summed E-state index contributed by atoms with van der Waals surface area (Å²) >= 11 is 0. The van der Waals surface area contributed by atoms with Crippen LogP contribution in [0.2, 0.25) is 0 Å². The molecule has 5 heteroatoms. The minimum Gasteiger partial charge on any atom is -0.342 e. The first-order chi connectivity index (χ1) is 13.0. The normalized spacial score (nSPS) is 18.9. The number of piperidine rings is 1. The summed E-state index contributed by atoms with van der Waals surface area (Å²) in [4.78, 5) is 29.3. The van der Waals surface area contributed by atoms with Crippen LogP contribution in [-0.2, 0) is 9.59 Å². The van der Waals surface area contributed by atoms with E-state index in [0.29, 0.717) is 18.4 Å². The van der Waals surface area contributed by atoms with Crippen LogP contribution in [0.5, 0.6) is 0 Å².